The Morgan fingerprint density at radius 1 is 0.982 bits per heavy atom. The average molecular weight is 779 g/mol. The zero-order valence-electron chi connectivity index (χ0n) is 31.7. The SMILES string of the molecule is C=[N+]([O-])c1ncc(CN(c2cnc3cc(N4CCOCC4)nc(OC4CCC(Nc5ncc(OCCN6CCN(C)CC6)cn5)CC4)c3c2)S(C)(=O)=O)n1C. The summed E-state index contributed by atoms with van der Waals surface area (Å²) in [7, 11) is -0.00318. The smallest absolute Gasteiger partial charge is 0.398 e. The Kier molecular flexibility index (Phi) is 11.8. The number of anilines is 3. The Morgan fingerprint density at radius 2 is 1.71 bits per heavy atom. The fourth-order valence-corrected chi connectivity index (χ4v) is 7.95. The van der Waals surface area contributed by atoms with E-state index in [1.165, 1.54) is 21.3 Å². The van der Waals surface area contributed by atoms with Crippen molar-refractivity contribution >= 4 is 51.0 Å². The van der Waals surface area contributed by atoms with Crippen molar-refractivity contribution in [3.8, 4) is 11.6 Å². The molecule has 0 radical (unpaired) electrons. The number of imidazole rings is 1. The lowest BCUT2D eigenvalue weighted by Crippen LogP contribution is -2.45. The van der Waals surface area contributed by atoms with E-state index in [1.807, 2.05) is 6.07 Å². The van der Waals surface area contributed by atoms with Gasteiger partial charge in [0, 0.05) is 64.6 Å². The molecule has 0 spiro atoms. The largest absolute Gasteiger partial charge is 0.741 e. The molecule has 1 aliphatic carbocycles. The first kappa shape index (κ1) is 38.4. The summed E-state index contributed by atoms with van der Waals surface area (Å²) in [4.78, 5) is 29.7. The minimum atomic E-state index is -3.79. The maximum atomic E-state index is 13.2. The molecule has 6 heterocycles. The summed E-state index contributed by atoms with van der Waals surface area (Å²) in [6, 6.07) is 3.82. The molecule has 19 heteroatoms. The number of sulfonamides is 1. The van der Waals surface area contributed by atoms with E-state index < -0.39 is 10.0 Å². The molecule has 18 nitrogen and oxygen atoms in total. The number of ether oxygens (including phenoxy) is 3. The van der Waals surface area contributed by atoms with Crippen molar-refractivity contribution in [2.45, 2.75) is 44.4 Å². The number of pyridine rings is 2. The summed E-state index contributed by atoms with van der Waals surface area (Å²) in [5, 5.41) is 15.9. The predicted molar refractivity (Wildman–Crippen MR) is 209 cm³/mol. The van der Waals surface area contributed by atoms with E-state index in [-0.39, 0.29) is 24.6 Å². The highest BCUT2D eigenvalue weighted by Crippen LogP contribution is 2.34. The Hall–Kier alpha value is -4.85. The Labute approximate surface area is 321 Å². The van der Waals surface area contributed by atoms with Gasteiger partial charge in [-0.1, -0.05) is 4.98 Å². The highest BCUT2D eigenvalue weighted by Gasteiger charge is 2.28. The molecule has 7 rings (SSSR count). The number of nitrogens with zero attached hydrogens (tertiary/aromatic N) is 11. The number of piperazine rings is 1. The van der Waals surface area contributed by atoms with Crippen LogP contribution in [0.2, 0.25) is 0 Å². The first-order valence-corrected chi connectivity index (χ1v) is 20.5. The van der Waals surface area contributed by atoms with Gasteiger partial charge in [0.2, 0.25) is 21.9 Å². The molecular formula is C36H50N12O6S. The van der Waals surface area contributed by atoms with E-state index in [4.69, 9.17) is 24.2 Å². The van der Waals surface area contributed by atoms with E-state index in [1.54, 1.807) is 25.5 Å². The molecule has 296 valence electrons. The number of hydrogen-bond donors (Lipinski definition) is 1. The summed E-state index contributed by atoms with van der Waals surface area (Å²) in [5.74, 6) is 2.40. The molecule has 3 fully saturated rings. The molecule has 0 atom stereocenters. The minimum Gasteiger partial charge on any atom is -0.741 e. The maximum absolute atomic E-state index is 13.2. The van der Waals surface area contributed by atoms with E-state index in [0.717, 1.165) is 70.5 Å². The van der Waals surface area contributed by atoms with Gasteiger partial charge in [0.1, 0.15) is 30.4 Å². The second-order valence-corrected chi connectivity index (χ2v) is 16.3. The van der Waals surface area contributed by atoms with E-state index in [9.17, 15) is 13.6 Å². The first-order valence-electron chi connectivity index (χ1n) is 18.7. The number of likely N-dealkylation sites (N-methyl/N-ethyl adjacent to an activating group) is 1. The third kappa shape index (κ3) is 9.52. The van der Waals surface area contributed by atoms with Gasteiger partial charge in [0.25, 0.3) is 0 Å². The molecule has 0 bridgehead atoms. The van der Waals surface area contributed by atoms with Crippen molar-refractivity contribution in [2.75, 3.05) is 93.5 Å². The molecule has 1 saturated carbocycles. The van der Waals surface area contributed by atoms with Gasteiger partial charge in [-0.15, -0.1) is 0 Å². The van der Waals surface area contributed by atoms with Crippen LogP contribution in [-0.4, -0.2) is 150 Å². The maximum Gasteiger partial charge on any atom is 0.398 e. The summed E-state index contributed by atoms with van der Waals surface area (Å²) < 4.78 is 47.6. The van der Waals surface area contributed by atoms with Crippen LogP contribution in [0.15, 0.2) is 36.9 Å². The molecule has 2 saturated heterocycles. The molecule has 4 aromatic heterocycles. The predicted octanol–water partition coefficient (Wildman–Crippen LogP) is 2.23. The van der Waals surface area contributed by atoms with Gasteiger partial charge >= 0.3 is 5.95 Å². The van der Waals surface area contributed by atoms with Crippen molar-refractivity contribution in [3.05, 3.63) is 47.8 Å². The zero-order valence-corrected chi connectivity index (χ0v) is 32.5. The number of hydrogen-bond acceptors (Lipinski definition) is 15. The van der Waals surface area contributed by atoms with Crippen LogP contribution < -0.4 is 24.0 Å². The van der Waals surface area contributed by atoms with Gasteiger partial charge in [0.15, 0.2) is 5.75 Å². The van der Waals surface area contributed by atoms with Crippen LogP contribution in [0.4, 0.5) is 23.4 Å². The monoisotopic (exact) mass is 778 g/mol. The number of nitrogens with one attached hydrogen (secondary N) is 1. The quantitative estimate of drug-likeness (QED) is 0.0851. The average Bonchev–Trinajstić information content (AvgIpc) is 3.55. The summed E-state index contributed by atoms with van der Waals surface area (Å²) in [6.07, 6.45) is 10.6. The van der Waals surface area contributed by atoms with Crippen LogP contribution in [0.1, 0.15) is 31.4 Å². The second-order valence-electron chi connectivity index (χ2n) is 14.4. The van der Waals surface area contributed by atoms with Crippen LogP contribution in [0.5, 0.6) is 11.6 Å². The Balaban J connectivity index is 1.03. The number of fused-ring (bicyclic) bond motifs is 1. The lowest BCUT2D eigenvalue weighted by atomic mass is 9.93. The van der Waals surface area contributed by atoms with E-state index in [0.29, 0.717) is 77.5 Å². The standard InChI is InChI=1S/C36H50N12O6S/c1-43-9-11-46(12-10-43)13-18-53-30-23-38-35(39-24-30)41-26-5-7-29(8-6-26)54-34-31-19-27(21-37-32(31)20-33(42-34)47-14-16-52-17-15-47)48(55(4,50)51)25-28-22-40-36(44(28)2)45(3)49/h19-24,26,29H,3,5-18,25H2,1-2,4H3,(H,38,39,41). The van der Waals surface area contributed by atoms with Gasteiger partial charge in [-0.05, 0) is 38.8 Å². The molecule has 4 aromatic rings. The van der Waals surface area contributed by atoms with Gasteiger partial charge in [-0.3, -0.25) is 18.9 Å². The van der Waals surface area contributed by atoms with Gasteiger partial charge in [-0.2, -0.15) is 4.98 Å². The molecule has 2 aliphatic heterocycles. The molecule has 3 aliphatic rings. The van der Waals surface area contributed by atoms with Crippen LogP contribution in [0.3, 0.4) is 0 Å². The molecule has 55 heavy (non-hydrogen) atoms. The van der Waals surface area contributed by atoms with Gasteiger partial charge < -0.3 is 34.5 Å². The van der Waals surface area contributed by atoms with Crippen LogP contribution in [0.25, 0.3) is 10.9 Å². The van der Waals surface area contributed by atoms with Crippen molar-refractivity contribution < 1.29 is 27.4 Å². The van der Waals surface area contributed by atoms with Crippen LogP contribution >= 0.6 is 0 Å². The molecule has 0 amide bonds. The van der Waals surface area contributed by atoms with Crippen molar-refractivity contribution in [1.82, 2.24) is 39.3 Å². The Bertz CT molecular complexity index is 2040. The molecule has 1 N–H and O–H groups in total. The molecule has 0 aromatic carbocycles. The number of morpholine rings is 1. The third-order valence-electron chi connectivity index (χ3n) is 10.4. The molecule has 0 unspecified atom stereocenters. The normalized spacial score (nSPS) is 20.0. The van der Waals surface area contributed by atoms with Crippen LogP contribution in [0, 0.1) is 5.21 Å². The second kappa shape index (κ2) is 16.9. The number of aromatic nitrogens is 6. The van der Waals surface area contributed by atoms with Gasteiger partial charge in [0.05, 0.1) is 68.2 Å². The summed E-state index contributed by atoms with van der Waals surface area (Å²) in [6.45, 7) is 11.6. The van der Waals surface area contributed by atoms with E-state index in [2.05, 4.69) is 48.7 Å². The van der Waals surface area contributed by atoms with Crippen molar-refractivity contribution in [3.63, 3.8) is 0 Å². The first-order chi connectivity index (χ1) is 26.5. The summed E-state index contributed by atoms with van der Waals surface area (Å²) >= 11 is 0. The summed E-state index contributed by atoms with van der Waals surface area (Å²) in [5.41, 5.74) is 1.46. The lowest BCUT2D eigenvalue weighted by molar-refractivity contribution is -0.362. The van der Waals surface area contributed by atoms with Crippen molar-refractivity contribution in [2.24, 2.45) is 7.05 Å². The topological polar surface area (TPSA) is 182 Å². The molecular weight excluding hydrogens is 729 g/mol. The Morgan fingerprint density at radius 3 is 2.38 bits per heavy atom. The minimum absolute atomic E-state index is 0.0585. The fourth-order valence-electron chi connectivity index (χ4n) is 7.10. The number of rotatable bonds is 14. The van der Waals surface area contributed by atoms with E-state index >= 15 is 0 Å². The zero-order chi connectivity index (χ0) is 38.5. The van der Waals surface area contributed by atoms with Crippen molar-refractivity contribution in [1.29, 1.82) is 0 Å². The van der Waals surface area contributed by atoms with Gasteiger partial charge in [-0.25, -0.2) is 23.0 Å². The third-order valence-corrected chi connectivity index (χ3v) is 11.6. The lowest BCUT2D eigenvalue weighted by Gasteiger charge is -2.32. The fraction of sp³-hybridized carbons (Fsp3) is 0.556. The van der Waals surface area contributed by atoms with Crippen LogP contribution in [-0.2, 0) is 28.4 Å². The highest BCUT2D eigenvalue weighted by atomic mass is 32.2. The highest BCUT2D eigenvalue weighted by molar-refractivity contribution is 7.92.